The first-order valence-electron chi connectivity index (χ1n) is 2.94. The molecule has 0 aliphatic carbocycles. The van der Waals surface area contributed by atoms with Crippen LogP contribution in [0.1, 0.15) is 0 Å². The van der Waals surface area contributed by atoms with Gasteiger partial charge >= 0.3 is 0 Å². The third kappa shape index (κ3) is 1.52. The van der Waals surface area contributed by atoms with Crippen molar-refractivity contribution < 1.29 is 9.59 Å². The van der Waals surface area contributed by atoms with E-state index in [1.165, 1.54) is 0 Å². The summed E-state index contributed by atoms with van der Waals surface area (Å²) in [5.74, 6) is -0.270. The highest BCUT2D eigenvalue weighted by Gasteiger charge is 2.39. The number of likely N-dealkylation sites (N-methyl/N-ethyl adjacent to an activating group) is 1. The van der Waals surface area contributed by atoms with Gasteiger partial charge in [0.05, 0.1) is 0 Å². The second-order valence-electron chi connectivity index (χ2n) is 2.35. The molecule has 4 nitrogen and oxygen atoms in total. The Bertz CT molecular complexity index is 207. The summed E-state index contributed by atoms with van der Waals surface area (Å²) in [6.45, 7) is 0. The van der Waals surface area contributed by atoms with E-state index >= 15 is 0 Å². The number of thioether (sulfide) groups is 1. The number of carbonyl (C=O) groups excluding carboxylic acids is 2. The smallest absolute Gasteiger partial charge is 0.289 e. The molecule has 1 fully saturated rings. The van der Waals surface area contributed by atoms with Gasteiger partial charge in [0, 0.05) is 0 Å². The molecule has 1 aliphatic heterocycles. The van der Waals surface area contributed by atoms with Crippen LogP contribution in [0.4, 0.5) is 4.79 Å². The molecule has 6 heteroatoms. The van der Waals surface area contributed by atoms with Crippen LogP contribution in [0.3, 0.4) is 0 Å². The molecular weight excluding hydrogens is 184 g/mol. The summed E-state index contributed by atoms with van der Waals surface area (Å²) in [6, 6.07) is 0. The summed E-state index contributed by atoms with van der Waals surface area (Å²) in [4.78, 5) is 23.7. The largest absolute Gasteiger partial charge is 0.300 e. The number of amides is 2. The lowest BCUT2D eigenvalue weighted by molar-refractivity contribution is -0.125. The highest BCUT2D eigenvalue weighted by atomic mass is 32.2. The van der Waals surface area contributed by atoms with Gasteiger partial charge in [0.15, 0.2) is 0 Å². The summed E-state index contributed by atoms with van der Waals surface area (Å²) in [7, 11) is 3.49. The van der Waals surface area contributed by atoms with Crippen molar-refractivity contribution >= 4 is 35.7 Å². The maximum atomic E-state index is 11.1. The van der Waals surface area contributed by atoms with Gasteiger partial charge in [-0.1, -0.05) is 12.8 Å². The molecule has 1 aliphatic rings. The molecule has 0 saturated carbocycles. The molecule has 0 aromatic rings. The minimum Gasteiger partial charge on any atom is -0.289 e. The lowest BCUT2D eigenvalue weighted by atomic mass is 10.5. The zero-order valence-electron chi connectivity index (χ0n) is 6.14. The Labute approximate surface area is 74.4 Å². The first kappa shape index (κ1) is 8.89. The molecule has 62 valence electrons. The Morgan fingerprint density at radius 2 is 2.09 bits per heavy atom. The molecule has 0 aromatic carbocycles. The lowest BCUT2D eigenvalue weighted by Gasteiger charge is -2.13. The molecule has 0 aromatic heterocycles. The summed E-state index contributed by atoms with van der Waals surface area (Å²) in [5, 5.41) is -0.711. The van der Waals surface area contributed by atoms with Crippen LogP contribution in [0.25, 0.3) is 0 Å². The van der Waals surface area contributed by atoms with E-state index in [1.807, 2.05) is 0 Å². The van der Waals surface area contributed by atoms with Crippen molar-refractivity contribution in [2.75, 3.05) is 14.1 Å². The normalized spacial score (nSPS) is 25.5. The molecule has 1 atom stereocenters. The van der Waals surface area contributed by atoms with E-state index in [9.17, 15) is 9.59 Å². The third-order valence-electron chi connectivity index (χ3n) is 1.27. The van der Waals surface area contributed by atoms with E-state index in [-0.39, 0.29) is 11.1 Å². The molecular formula is C5H8N2O2S2. The van der Waals surface area contributed by atoms with Gasteiger partial charge in [-0.25, -0.2) is 4.31 Å². The number of rotatable bonds is 1. The van der Waals surface area contributed by atoms with Crippen molar-refractivity contribution in [2.45, 2.75) is 5.37 Å². The van der Waals surface area contributed by atoms with Gasteiger partial charge in [0.1, 0.15) is 5.37 Å². The summed E-state index contributed by atoms with van der Waals surface area (Å²) in [5.41, 5.74) is 0. The molecule has 1 saturated heterocycles. The molecule has 1 heterocycles. The quantitative estimate of drug-likeness (QED) is 0.611. The van der Waals surface area contributed by atoms with Crippen molar-refractivity contribution in [3.8, 4) is 0 Å². The Morgan fingerprint density at radius 3 is 2.27 bits per heavy atom. The number of imide groups is 1. The minimum absolute atomic E-state index is 0.270. The number of hydrogen-bond acceptors (Lipinski definition) is 5. The minimum atomic E-state index is -0.403. The predicted octanol–water partition coefficient (Wildman–Crippen LogP) is 0.414. The molecule has 2 amide bonds. The van der Waals surface area contributed by atoms with Crippen LogP contribution >= 0.6 is 24.6 Å². The van der Waals surface area contributed by atoms with E-state index in [2.05, 4.69) is 12.8 Å². The SMILES string of the molecule is CN(C)C1SC(=O)N(S)C1=O. The molecule has 11 heavy (non-hydrogen) atoms. The van der Waals surface area contributed by atoms with Crippen LogP contribution in [-0.2, 0) is 4.79 Å². The summed E-state index contributed by atoms with van der Waals surface area (Å²) in [6.07, 6.45) is 0. The number of nitrogens with zero attached hydrogens (tertiary/aromatic N) is 2. The fourth-order valence-corrected chi connectivity index (χ4v) is 1.84. The molecule has 0 N–H and O–H groups in total. The highest BCUT2D eigenvalue weighted by molar-refractivity contribution is 8.16. The highest BCUT2D eigenvalue weighted by Crippen LogP contribution is 2.28. The van der Waals surface area contributed by atoms with Crippen molar-refractivity contribution in [1.82, 2.24) is 9.21 Å². The van der Waals surface area contributed by atoms with Gasteiger partial charge in [0.25, 0.3) is 11.1 Å². The Balaban J connectivity index is 2.75. The zero-order valence-corrected chi connectivity index (χ0v) is 7.85. The average molecular weight is 192 g/mol. The number of hydrogen-bond donors (Lipinski definition) is 1. The fourth-order valence-electron chi connectivity index (χ4n) is 0.717. The van der Waals surface area contributed by atoms with E-state index < -0.39 is 5.37 Å². The van der Waals surface area contributed by atoms with Crippen molar-refractivity contribution in [1.29, 1.82) is 0 Å². The maximum absolute atomic E-state index is 11.1. The zero-order chi connectivity index (χ0) is 8.59. The van der Waals surface area contributed by atoms with Crippen LogP contribution in [0.2, 0.25) is 0 Å². The van der Waals surface area contributed by atoms with Crippen LogP contribution in [0.15, 0.2) is 0 Å². The summed E-state index contributed by atoms with van der Waals surface area (Å²) < 4.78 is 0.843. The summed E-state index contributed by atoms with van der Waals surface area (Å²) >= 11 is 4.70. The van der Waals surface area contributed by atoms with Gasteiger partial charge in [-0.15, -0.1) is 0 Å². The first-order valence-corrected chi connectivity index (χ1v) is 4.22. The van der Waals surface area contributed by atoms with Gasteiger partial charge in [-0.2, -0.15) is 0 Å². The molecule has 1 unspecified atom stereocenters. The lowest BCUT2D eigenvalue weighted by Crippen LogP contribution is -2.33. The second kappa shape index (κ2) is 3.04. The molecule has 0 spiro atoms. The van der Waals surface area contributed by atoms with Crippen molar-refractivity contribution in [3.63, 3.8) is 0 Å². The fraction of sp³-hybridized carbons (Fsp3) is 0.600. The van der Waals surface area contributed by atoms with E-state index in [1.54, 1.807) is 19.0 Å². The van der Waals surface area contributed by atoms with E-state index in [0.29, 0.717) is 0 Å². The van der Waals surface area contributed by atoms with Gasteiger partial charge in [0.2, 0.25) is 0 Å². The molecule has 0 bridgehead atoms. The number of carbonyl (C=O) groups is 2. The standard InChI is InChI=1S/C5H8N2O2S2/c1-6(2)4-3(8)7(10)5(9)11-4/h4,10H,1-2H3. The van der Waals surface area contributed by atoms with Crippen molar-refractivity contribution in [2.24, 2.45) is 0 Å². The Hall–Kier alpha value is -0.200. The monoisotopic (exact) mass is 192 g/mol. The van der Waals surface area contributed by atoms with Gasteiger partial charge in [-0.3, -0.25) is 14.5 Å². The Morgan fingerprint density at radius 1 is 1.55 bits per heavy atom. The maximum Gasteiger partial charge on any atom is 0.300 e. The number of thiol groups is 1. The molecule has 0 radical (unpaired) electrons. The molecule has 1 rings (SSSR count). The van der Waals surface area contributed by atoms with Gasteiger partial charge < -0.3 is 0 Å². The first-order chi connectivity index (χ1) is 5.04. The van der Waals surface area contributed by atoms with Crippen molar-refractivity contribution in [3.05, 3.63) is 0 Å². The average Bonchev–Trinajstić information content (AvgIpc) is 2.17. The van der Waals surface area contributed by atoms with Gasteiger partial charge in [-0.05, 0) is 25.9 Å². The Kier molecular flexibility index (Phi) is 2.46. The van der Waals surface area contributed by atoms with Crippen LogP contribution in [-0.4, -0.2) is 39.8 Å². The third-order valence-corrected chi connectivity index (χ3v) is 3.02. The van der Waals surface area contributed by atoms with Crippen LogP contribution in [0, 0.1) is 0 Å². The van der Waals surface area contributed by atoms with Crippen LogP contribution < -0.4 is 0 Å². The van der Waals surface area contributed by atoms with Crippen LogP contribution in [0.5, 0.6) is 0 Å². The van der Waals surface area contributed by atoms with E-state index in [4.69, 9.17) is 0 Å². The topological polar surface area (TPSA) is 40.6 Å². The predicted molar refractivity (Wildman–Crippen MR) is 46.3 cm³/mol. The second-order valence-corrected chi connectivity index (χ2v) is 3.78. The van der Waals surface area contributed by atoms with E-state index in [0.717, 1.165) is 16.1 Å².